The highest BCUT2D eigenvalue weighted by atomic mass is 32.2. The number of fused-ring (bicyclic) bond motifs is 1. The van der Waals surface area contributed by atoms with Crippen molar-refractivity contribution in [3.8, 4) is 11.4 Å². The summed E-state index contributed by atoms with van der Waals surface area (Å²) in [6.07, 6.45) is 1.79. The maximum Gasteiger partial charge on any atom is 0.283 e. The molecule has 36 heavy (non-hydrogen) atoms. The van der Waals surface area contributed by atoms with E-state index in [4.69, 9.17) is 14.9 Å². The van der Waals surface area contributed by atoms with Crippen LogP contribution in [0.1, 0.15) is 23.4 Å². The van der Waals surface area contributed by atoms with E-state index in [0.717, 1.165) is 40.2 Å². The molecule has 3 aliphatic heterocycles. The van der Waals surface area contributed by atoms with Crippen LogP contribution in [-0.4, -0.2) is 75.8 Å². The summed E-state index contributed by atoms with van der Waals surface area (Å²) in [6, 6.07) is 9.70. The third kappa shape index (κ3) is 4.47. The Bertz CT molecular complexity index is 1340. The second kappa shape index (κ2) is 9.75. The zero-order valence-electron chi connectivity index (χ0n) is 20.3. The third-order valence-corrected chi connectivity index (χ3v) is 7.17. The van der Waals surface area contributed by atoms with Crippen molar-refractivity contribution < 1.29 is 19.1 Å². The van der Waals surface area contributed by atoms with E-state index in [1.165, 1.54) is 5.01 Å². The molecule has 1 N–H and O–H groups in total. The molecule has 0 radical (unpaired) electrons. The Morgan fingerprint density at radius 2 is 1.94 bits per heavy atom. The number of methoxy groups -OCH3 is 1. The highest BCUT2D eigenvalue weighted by Crippen LogP contribution is 2.31. The molecule has 1 fully saturated rings. The summed E-state index contributed by atoms with van der Waals surface area (Å²) in [5, 5.41) is 15.2. The molecule has 1 aromatic carbocycles. The molecule has 0 spiro atoms. The Kier molecular flexibility index (Phi) is 6.50. The van der Waals surface area contributed by atoms with Crippen molar-refractivity contribution in [2.45, 2.75) is 20.3 Å². The number of aromatic nitrogens is 1. The normalized spacial score (nSPS) is 18.9. The van der Waals surface area contributed by atoms with Crippen molar-refractivity contribution in [2.75, 3.05) is 33.4 Å². The van der Waals surface area contributed by atoms with Gasteiger partial charge in [-0.05, 0) is 67.6 Å². The number of morpholine rings is 1. The van der Waals surface area contributed by atoms with Gasteiger partial charge in [-0.3, -0.25) is 15.0 Å². The van der Waals surface area contributed by atoms with Crippen molar-refractivity contribution in [3.63, 3.8) is 0 Å². The number of aryl methyl sites for hydroxylation is 1. The number of hydrazone groups is 1. The van der Waals surface area contributed by atoms with Crippen LogP contribution in [0.2, 0.25) is 0 Å². The Morgan fingerprint density at radius 3 is 2.64 bits per heavy atom. The van der Waals surface area contributed by atoms with Gasteiger partial charge in [0.15, 0.2) is 5.84 Å². The van der Waals surface area contributed by atoms with Gasteiger partial charge in [0.25, 0.3) is 5.91 Å². The first-order chi connectivity index (χ1) is 17.4. The number of amidine groups is 2. The number of hydrogen-bond acceptors (Lipinski definition) is 7. The monoisotopic (exact) mass is 506 g/mol. The second-order valence-electron chi connectivity index (χ2n) is 8.54. The van der Waals surface area contributed by atoms with Gasteiger partial charge in [0.05, 0.1) is 32.3 Å². The maximum absolute atomic E-state index is 12.9. The molecular weight excluding hydrogens is 480 g/mol. The molecule has 2 amide bonds. The SMILES string of the molecule is COc1ccc(-n2c(C)cc(C=C3C(=N)N4N=C(CC(=O)N5CCOCC5)SC4=NC3=O)c2C)cc1. The average molecular weight is 507 g/mol. The lowest BCUT2D eigenvalue weighted by molar-refractivity contribution is -0.133. The Balaban J connectivity index is 1.38. The fraction of sp³-hybridized carbons (Fsp3) is 0.320. The van der Waals surface area contributed by atoms with E-state index in [1.807, 2.05) is 44.2 Å². The van der Waals surface area contributed by atoms with E-state index >= 15 is 0 Å². The van der Waals surface area contributed by atoms with Gasteiger partial charge in [0.2, 0.25) is 11.1 Å². The maximum atomic E-state index is 12.9. The molecule has 11 heteroatoms. The number of benzene rings is 1. The first-order valence-electron chi connectivity index (χ1n) is 11.5. The van der Waals surface area contributed by atoms with Gasteiger partial charge in [-0.1, -0.05) is 0 Å². The Hall–Kier alpha value is -3.70. The molecule has 1 saturated heterocycles. The van der Waals surface area contributed by atoms with Gasteiger partial charge in [0, 0.05) is 30.2 Å². The highest BCUT2D eigenvalue weighted by Gasteiger charge is 2.36. The van der Waals surface area contributed by atoms with Crippen LogP contribution in [0.4, 0.5) is 0 Å². The molecule has 0 saturated carbocycles. The van der Waals surface area contributed by atoms with Crippen molar-refractivity contribution in [3.05, 3.63) is 52.9 Å². The van der Waals surface area contributed by atoms with Crippen LogP contribution in [0.25, 0.3) is 11.8 Å². The van der Waals surface area contributed by atoms with Crippen molar-refractivity contribution in [1.29, 1.82) is 5.41 Å². The van der Waals surface area contributed by atoms with Crippen LogP contribution in [0.5, 0.6) is 5.75 Å². The smallest absolute Gasteiger partial charge is 0.283 e. The van der Waals surface area contributed by atoms with Gasteiger partial charge in [0.1, 0.15) is 10.8 Å². The number of nitrogens with one attached hydrogen (secondary N) is 1. The van der Waals surface area contributed by atoms with Crippen LogP contribution >= 0.6 is 11.8 Å². The van der Waals surface area contributed by atoms with Gasteiger partial charge < -0.3 is 18.9 Å². The largest absolute Gasteiger partial charge is 0.497 e. The van der Waals surface area contributed by atoms with E-state index < -0.39 is 5.91 Å². The highest BCUT2D eigenvalue weighted by molar-refractivity contribution is 8.27. The number of thioether (sulfide) groups is 1. The van der Waals surface area contributed by atoms with Gasteiger partial charge in [-0.2, -0.15) is 15.1 Å². The first kappa shape index (κ1) is 24.0. The number of ether oxygens (including phenoxy) is 2. The minimum atomic E-state index is -0.496. The summed E-state index contributed by atoms with van der Waals surface area (Å²) in [7, 11) is 1.63. The van der Waals surface area contributed by atoms with Gasteiger partial charge in [-0.25, -0.2) is 0 Å². The molecule has 0 aliphatic carbocycles. The summed E-state index contributed by atoms with van der Waals surface area (Å²) in [5.41, 5.74) is 3.85. The van der Waals surface area contributed by atoms with Gasteiger partial charge >= 0.3 is 0 Å². The van der Waals surface area contributed by atoms with Crippen molar-refractivity contribution in [1.82, 2.24) is 14.5 Å². The predicted molar refractivity (Wildman–Crippen MR) is 139 cm³/mol. The molecule has 0 unspecified atom stereocenters. The van der Waals surface area contributed by atoms with E-state index in [1.54, 1.807) is 18.1 Å². The zero-order chi connectivity index (χ0) is 25.4. The van der Waals surface area contributed by atoms with E-state index in [9.17, 15) is 9.59 Å². The number of amides is 2. The van der Waals surface area contributed by atoms with E-state index in [0.29, 0.717) is 36.5 Å². The van der Waals surface area contributed by atoms with Crippen LogP contribution in [0.3, 0.4) is 0 Å². The Labute approximate surface area is 212 Å². The third-order valence-electron chi connectivity index (χ3n) is 6.26. The number of nitrogens with zero attached hydrogens (tertiary/aromatic N) is 5. The fourth-order valence-corrected chi connectivity index (χ4v) is 5.25. The lowest BCUT2D eigenvalue weighted by Crippen LogP contribution is -2.41. The average Bonchev–Trinajstić information content (AvgIpc) is 3.41. The first-order valence-corrected chi connectivity index (χ1v) is 12.4. The van der Waals surface area contributed by atoms with Crippen molar-refractivity contribution in [2.24, 2.45) is 10.1 Å². The summed E-state index contributed by atoms with van der Waals surface area (Å²) in [4.78, 5) is 31.4. The van der Waals surface area contributed by atoms with E-state index in [2.05, 4.69) is 14.7 Å². The molecule has 1 aromatic heterocycles. The second-order valence-corrected chi connectivity index (χ2v) is 9.58. The van der Waals surface area contributed by atoms with Crippen LogP contribution in [0.15, 0.2) is 46.0 Å². The number of rotatable bonds is 5. The minimum absolute atomic E-state index is 0.0513. The minimum Gasteiger partial charge on any atom is -0.497 e. The number of aliphatic imine (C=N–C) groups is 1. The molecule has 3 aliphatic rings. The zero-order valence-corrected chi connectivity index (χ0v) is 21.1. The topological polar surface area (TPSA) is 113 Å². The van der Waals surface area contributed by atoms with Crippen LogP contribution < -0.4 is 4.74 Å². The summed E-state index contributed by atoms with van der Waals surface area (Å²) in [5.74, 6) is 0.169. The predicted octanol–water partition coefficient (Wildman–Crippen LogP) is 2.97. The quantitative estimate of drug-likeness (QED) is 0.624. The number of carbonyl (C=O) groups excluding carboxylic acids is 2. The molecule has 186 valence electrons. The number of carbonyl (C=O) groups is 2. The molecule has 0 bridgehead atoms. The van der Waals surface area contributed by atoms with Gasteiger partial charge in [-0.15, -0.1) is 0 Å². The number of hydrogen-bond donors (Lipinski definition) is 1. The molecule has 4 heterocycles. The molecule has 10 nitrogen and oxygen atoms in total. The van der Waals surface area contributed by atoms with Crippen LogP contribution in [0, 0.1) is 19.3 Å². The summed E-state index contributed by atoms with van der Waals surface area (Å²) < 4.78 is 12.6. The van der Waals surface area contributed by atoms with Crippen molar-refractivity contribution >= 4 is 45.7 Å². The van der Waals surface area contributed by atoms with Crippen LogP contribution in [-0.2, 0) is 14.3 Å². The Morgan fingerprint density at radius 1 is 1.22 bits per heavy atom. The molecule has 0 atom stereocenters. The lowest BCUT2D eigenvalue weighted by atomic mass is 10.1. The van der Waals surface area contributed by atoms with E-state index in [-0.39, 0.29) is 23.7 Å². The molecule has 2 aromatic rings. The summed E-state index contributed by atoms with van der Waals surface area (Å²) in [6.45, 7) is 6.11. The summed E-state index contributed by atoms with van der Waals surface area (Å²) >= 11 is 1.16. The fourth-order valence-electron chi connectivity index (χ4n) is 4.37. The standard InChI is InChI=1S/C25H26N6O4S/c1-15-12-17(16(2)30(15)18-4-6-19(34-3)7-5-18)13-20-23(26)31-25(27-24(20)33)36-21(28-31)14-22(32)29-8-10-35-11-9-29/h4-7,12-13,26H,8-11,14H2,1-3H3. The lowest BCUT2D eigenvalue weighted by Gasteiger charge is -2.26. The molecule has 5 rings (SSSR count). The molecular formula is C25H26N6O4S.